The van der Waals surface area contributed by atoms with Gasteiger partial charge in [0.2, 0.25) is 15.9 Å². The lowest BCUT2D eigenvalue weighted by molar-refractivity contribution is -0.121. The Balaban J connectivity index is 1.65. The number of halogens is 2. The number of sulfonamides is 1. The lowest BCUT2D eigenvalue weighted by Crippen LogP contribution is -2.41. The average molecular weight is 500 g/mol. The maximum absolute atomic E-state index is 13.2. The number of rotatable bonds is 10. The molecule has 0 bridgehead atoms. The Morgan fingerprint density at radius 1 is 1.09 bits per heavy atom. The molecule has 10 heteroatoms. The van der Waals surface area contributed by atoms with Crippen LogP contribution in [-0.2, 0) is 26.1 Å². The molecule has 1 fully saturated rings. The van der Waals surface area contributed by atoms with Crippen LogP contribution in [0.2, 0.25) is 10.0 Å². The van der Waals surface area contributed by atoms with Gasteiger partial charge >= 0.3 is 0 Å². The van der Waals surface area contributed by atoms with Crippen molar-refractivity contribution in [2.24, 2.45) is 0 Å². The van der Waals surface area contributed by atoms with Crippen LogP contribution in [0.25, 0.3) is 0 Å². The summed E-state index contributed by atoms with van der Waals surface area (Å²) in [6, 6.07) is 12.9. The molecule has 0 atom stereocenters. The van der Waals surface area contributed by atoms with Crippen LogP contribution in [0.4, 0.5) is 0 Å². The smallest absolute Gasteiger partial charge is 0.243 e. The monoisotopic (exact) mass is 499 g/mol. The Morgan fingerprint density at radius 3 is 2.50 bits per heavy atom. The van der Waals surface area contributed by atoms with Crippen LogP contribution in [0.1, 0.15) is 12.0 Å². The van der Waals surface area contributed by atoms with Crippen molar-refractivity contribution in [3.05, 3.63) is 64.1 Å². The molecule has 0 aliphatic carbocycles. The molecule has 1 amide bonds. The molecular formula is C22H27Cl2N3O4S. The first-order valence-electron chi connectivity index (χ1n) is 10.4. The number of nitrogens with one attached hydrogen (secondary N) is 1. The fraction of sp³-hybridized carbons (Fsp3) is 0.409. The van der Waals surface area contributed by atoms with Crippen LogP contribution in [0, 0.1) is 0 Å². The largest absolute Gasteiger partial charge is 0.379 e. The molecule has 0 radical (unpaired) electrons. The highest BCUT2D eigenvalue weighted by molar-refractivity contribution is 7.89. The van der Waals surface area contributed by atoms with Gasteiger partial charge in [-0.25, -0.2) is 8.42 Å². The van der Waals surface area contributed by atoms with Gasteiger partial charge in [-0.1, -0.05) is 47.5 Å². The van der Waals surface area contributed by atoms with Gasteiger partial charge in [0, 0.05) is 36.2 Å². The molecule has 1 N–H and O–H groups in total. The van der Waals surface area contributed by atoms with Crippen LogP contribution in [0.5, 0.6) is 0 Å². The Hall–Kier alpha value is -1.68. The quantitative estimate of drug-likeness (QED) is 0.508. The summed E-state index contributed by atoms with van der Waals surface area (Å²) >= 11 is 12.2. The van der Waals surface area contributed by atoms with Crippen molar-refractivity contribution in [3.63, 3.8) is 0 Å². The van der Waals surface area contributed by atoms with Gasteiger partial charge < -0.3 is 10.1 Å². The van der Waals surface area contributed by atoms with Crippen LogP contribution in [-0.4, -0.2) is 69.5 Å². The minimum atomic E-state index is -3.91. The van der Waals surface area contributed by atoms with Crippen molar-refractivity contribution in [2.45, 2.75) is 17.9 Å². The number of nitrogens with zero attached hydrogens (tertiary/aromatic N) is 2. The Kier molecular flexibility index (Phi) is 9.34. The van der Waals surface area contributed by atoms with Gasteiger partial charge in [-0.15, -0.1) is 0 Å². The van der Waals surface area contributed by atoms with E-state index >= 15 is 0 Å². The zero-order valence-electron chi connectivity index (χ0n) is 17.7. The number of carbonyl (C=O) groups excluding carboxylic acids is 1. The Bertz CT molecular complexity index is 999. The molecule has 0 spiro atoms. The summed E-state index contributed by atoms with van der Waals surface area (Å²) in [5.41, 5.74) is 0.565. The molecule has 0 unspecified atom stereocenters. The highest BCUT2D eigenvalue weighted by Crippen LogP contribution is 2.25. The minimum Gasteiger partial charge on any atom is -0.379 e. The number of ether oxygens (including phenoxy) is 1. The summed E-state index contributed by atoms with van der Waals surface area (Å²) in [5, 5.41) is 3.63. The first kappa shape index (κ1) is 25.0. The van der Waals surface area contributed by atoms with E-state index in [2.05, 4.69) is 10.2 Å². The highest BCUT2D eigenvalue weighted by atomic mass is 35.5. The molecule has 2 aromatic rings. The Labute approximate surface area is 199 Å². The fourth-order valence-corrected chi connectivity index (χ4v) is 5.24. The number of benzene rings is 2. The van der Waals surface area contributed by atoms with Crippen LogP contribution >= 0.6 is 23.2 Å². The summed E-state index contributed by atoms with van der Waals surface area (Å²) in [5.74, 6) is -0.364. The zero-order chi connectivity index (χ0) is 23.0. The van der Waals surface area contributed by atoms with Crippen LogP contribution in [0.3, 0.4) is 0 Å². The number of morpholine rings is 1. The first-order chi connectivity index (χ1) is 15.4. The predicted octanol–water partition coefficient (Wildman–Crippen LogP) is 3.02. The van der Waals surface area contributed by atoms with E-state index in [1.807, 2.05) is 0 Å². The summed E-state index contributed by atoms with van der Waals surface area (Å²) in [4.78, 5) is 15.0. The van der Waals surface area contributed by atoms with Crippen LogP contribution < -0.4 is 5.32 Å². The van der Waals surface area contributed by atoms with Gasteiger partial charge in [0.1, 0.15) is 0 Å². The lowest BCUT2D eigenvalue weighted by Gasteiger charge is -2.26. The molecule has 3 rings (SSSR count). The van der Waals surface area contributed by atoms with E-state index in [0.29, 0.717) is 22.2 Å². The van der Waals surface area contributed by atoms with Gasteiger partial charge in [-0.05, 0) is 42.8 Å². The zero-order valence-corrected chi connectivity index (χ0v) is 20.0. The van der Waals surface area contributed by atoms with E-state index in [-0.39, 0.29) is 23.9 Å². The third-order valence-corrected chi connectivity index (χ3v) is 7.53. The molecular weight excluding hydrogens is 473 g/mol. The number of hydrogen-bond acceptors (Lipinski definition) is 5. The van der Waals surface area contributed by atoms with Crippen LogP contribution in [0.15, 0.2) is 53.4 Å². The summed E-state index contributed by atoms with van der Waals surface area (Å²) in [6.07, 6.45) is 0.778. The van der Waals surface area contributed by atoms with Gasteiger partial charge in [0.25, 0.3) is 0 Å². The van der Waals surface area contributed by atoms with Gasteiger partial charge in [-0.3, -0.25) is 9.69 Å². The first-order valence-corrected chi connectivity index (χ1v) is 12.6. The SMILES string of the molecule is O=C(CN(Cc1ccc(Cl)cc1Cl)S(=O)(=O)c1ccccc1)NCCCN1CCOCC1. The molecule has 1 saturated heterocycles. The second-order valence-corrected chi connectivity index (χ2v) is 10.3. The molecule has 2 aromatic carbocycles. The number of amides is 1. The molecule has 0 aromatic heterocycles. The number of hydrogen-bond donors (Lipinski definition) is 1. The van der Waals surface area contributed by atoms with Crippen molar-refractivity contribution in [1.29, 1.82) is 0 Å². The van der Waals surface area contributed by atoms with E-state index in [1.54, 1.807) is 36.4 Å². The average Bonchev–Trinajstić information content (AvgIpc) is 2.79. The van der Waals surface area contributed by atoms with E-state index < -0.39 is 10.0 Å². The highest BCUT2D eigenvalue weighted by Gasteiger charge is 2.27. The summed E-state index contributed by atoms with van der Waals surface area (Å²) in [7, 11) is -3.91. The van der Waals surface area contributed by atoms with Crippen molar-refractivity contribution in [2.75, 3.05) is 45.9 Å². The van der Waals surface area contributed by atoms with Crippen molar-refractivity contribution < 1.29 is 17.9 Å². The normalized spacial score (nSPS) is 15.1. The van der Waals surface area contributed by atoms with Crippen molar-refractivity contribution in [3.8, 4) is 0 Å². The third kappa shape index (κ3) is 7.16. The molecule has 1 aliphatic rings. The topological polar surface area (TPSA) is 79.0 Å². The van der Waals surface area contributed by atoms with Gasteiger partial charge in [0.15, 0.2) is 0 Å². The second-order valence-electron chi connectivity index (χ2n) is 7.48. The molecule has 0 saturated carbocycles. The summed E-state index contributed by atoms with van der Waals surface area (Å²) in [6.45, 7) is 4.20. The van der Waals surface area contributed by atoms with E-state index in [9.17, 15) is 13.2 Å². The maximum Gasteiger partial charge on any atom is 0.243 e. The second kappa shape index (κ2) is 12.0. The van der Waals surface area contributed by atoms with E-state index in [4.69, 9.17) is 27.9 Å². The third-order valence-electron chi connectivity index (χ3n) is 5.14. The van der Waals surface area contributed by atoms with Crippen molar-refractivity contribution >= 4 is 39.1 Å². The standard InChI is InChI=1S/C22H27Cl2N3O4S/c23-19-8-7-18(21(24)15-19)16-27(32(29,30)20-5-2-1-3-6-20)17-22(28)25-9-4-10-26-11-13-31-14-12-26/h1-3,5-8,15H,4,9-14,16-17H2,(H,25,28). The molecule has 32 heavy (non-hydrogen) atoms. The maximum atomic E-state index is 13.2. The summed E-state index contributed by atoms with van der Waals surface area (Å²) < 4.78 is 33.0. The fourth-order valence-electron chi connectivity index (χ4n) is 3.38. The molecule has 174 valence electrons. The van der Waals surface area contributed by atoms with E-state index in [0.717, 1.165) is 43.6 Å². The molecule has 7 nitrogen and oxygen atoms in total. The number of carbonyl (C=O) groups is 1. The lowest BCUT2D eigenvalue weighted by atomic mass is 10.2. The molecule has 1 aliphatic heterocycles. The predicted molar refractivity (Wildman–Crippen MR) is 125 cm³/mol. The minimum absolute atomic E-state index is 0.0472. The Morgan fingerprint density at radius 2 is 1.81 bits per heavy atom. The van der Waals surface area contributed by atoms with Gasteiger partial charge in [0.05, 0.1) is 24.7 Å². The van der Waals surface area contributed by atoms with E-state index in [1.165, 1.54) is 12.1 Å². The molecule has 1 heterocycles. The van der Waals surface area contributed by atoms with Crippen molar-refractivity contribution in [1.82, 2.24) is 14.5 Å². The van der Waals surface area contributed by atoms with Gasteiger partial charge in [-0.2, -0.15) is 4.31 Å².